The normalized spacial score (nSPS) is 15.0. The van der Waals surface area contributed by atoms with Crippen molar-refractivity contribution in [3.05, 3.63) is 40.4 Å². The summed E-state index contributed by atoms with van der Waals surface area (Å²) < 4.78 is 0. The van der Waals surface area contributed by atoms with Crippen LogP contribution >= 0.6 is 22.9 Å². The van der Waals surface area contributed by atoms with Gasteiger partial charge in [0.15, 0.2) is 0 Å². The van der Waals surface area contributed by atoms with E-state index in [4.69, 9.17) is 11.6 Å². The van der Waals surface area contributed by atoms with Crippen LogP contribution in [0.1, 0.15) is 25.0 Å². The number of halogens is 1. The van der Waals surface area contributed by atoms with Gasteiger partial charge in [0.05, 0.1) is 12.1 Å². The number of nitrogens with zero attached hydrogens (tertiary/aromatic N) is 1. The Bertz CT molecular complexity index is 741. The van der Waals surface area contributed by atoms with Crippen LogP contribution in [-0.4, -0.2) is 28.0 Å². The van der Waals surface area contributed by atoms with E-state index < -0.39 is 12.0 Å². The van der Waals surface area contributed by atoms with E-state index in [1.54, 1.807) is 12.1 Å². The number of hydrogen-bond acceptors (Lipinski definition) is 4. The topological polar surface area (TPSA) is 79.3 Å². The molecule has 1 aromatic heterocycles. The van der Waals surface area contributed by atoms with Gasteiger partial charge >= 0.3 is 5.97 Å². The molecule has 2 aromatic rings. The van der Waals surface area contributed by atoms with Gasteiger partial charge in [-0.05, 0) is 24.5 Å². The molecule has 0 spiro atoms. The fraction of sp³-hybridized carbons (Fsp3) is 0.353. The molecule has 0 aliphatic heterocycles. The number of carboxylic acid groups (broad SMARTS) is 1. The summed E-state index contributed by atoms with van der Waals surface area (Å²) in [6.07, 6.45) is 2.69. The number of carboxylic acids is 1. The van der Waals surface area contributed by atoms with Crippen LogP contribution in [0.15, 0.2) is 29.6 Å². The van der Waals surface area contributed by atoms with Crippen molar-refractivity contribution >= 4 is 34.8 Å². The predicted molar refractivity (Wildman–Crippen MR) is 93.2 cm³/mol. The Labute approximate surface area is 148 Å². The summed E-state index contributed by atoms with van der Waals surface area (Å²) in [6.45, 7) is 0. The fourth-order valence-electron chi connectivity index (χ4n) is 2.43. The predicted octanol–water partition coefficient (Wildman–Crippen LogP) is 3.38. The van der Waals surface area contributed by atoms with Crippen LogP contribution in [0, 0.1) is 5.92 Å². The highest BCUT2D eigenvalue weighted by Gasteiger charge is 2.30. The molecule has 1 fully saturated rings. The van der Waals surface area contributed by atoms with Gasteiger partial charge in [-0.1, -0.05) is 36.6 Å². The van der Waals surface area contributed by atoms with Crippen LogP contribution < -0.4 is 5.32 Å². The lowest BCUT2D eigenvalue weighted by molar-refractivity contribution is -0.142. The van der Waals surface area contributed by atoms with Crippen molar-refractivity contribution in [3.63, 3.8) is 0 Å². The molecule has 1 unspecified atom stereocenters. The van der Waals surface area contributed by atoms with Crippen LogP contribution in [0.2, 0.25) is 5.02 Å². The van der Waals surface area contributed by atoms with Crippen molar-refractivity contribution in [2.24, 2.45) is 5.92 Å². The maximum Gasteiger partial charge on any atom is 0.326 e. The van der Waals surface area contributed by atoms with Gasteiger partial charge in [-0.2, -0.15) is 0 Å². The molecule has 1 aliphatic rings. The number of aliphatic carboxylic acids is 1. The third-order valence-electron chi connectivity index (χ3n) is 3.88. The van der Waals surface area contributed by atoms with E-state index in [0.29, 0.717) is 23.1 Å². The van der Waals surface area contributed by atoms with E-state index in [0.717, 1.165) is 23.4 Å². The maximum atomic E-state index is 12.1. The molecule has 1 saturated carbocycles. The second-order valence-corrected chi connectivity index (χ2v) is 7.26. The van der Waals surface area contributed by atoms with E-state index >= 15 is 0 Å². The number of carbonyl (C=O) groups excluding carboxylic acids is 1. The summed E-state index contributed by atoms with van der Waals surface area (Å²) in [5.74, 6) is -0.853. The van der Waals surface area contributed by atoms with Gasteiger partial charge < -0.3 is 10.4 Å². The number of carbonyl (C=O) groups is 2. The third kappa shape index (κ3) is 4.55. The van der Waals surface area contributed by atoms with Crippen molar-refractivity contribution in [1.82, 2.24) is 10.3 Å². The van der Waals surface area contributed by atoms with Gasteiger partial charge in [-0.25, -0.2) is 9.78 Å². The van der Waals surface area contributed by atoms with Crippen molar-refractivity contribution in [3.8, 4) is 10.6 Å². The molecule has 1 heterocycles. The van der Waals surface area contributed by atoms with E-state index in [1.807, 2.05) is 17.5 Å². The highest BCUT2D eigenvalue weighted by Crippen LogP contribution is 2.33. The zero-order chi connectivity index (χ0) is 17.1. The molecule has 7 heteroatoms. The summed E-state index contributed by atoms with van der Waals surface area (Å²) in [7, 11) is 0. The van der Waals surface area contributed by atoms with Gasteiger partial charge in [0.2, 0.25) is 5.91 Å². The molecule has 1 atom stereocenters. The summed E-state index contributed by atoms with van der Waals surface area (Å²) in [5.41, 5.74) is 1.58. The molecule has 5 nitrogen and oxygen atoms in total. The third-order valence-corrected chi connectivity index (χ3v) is 5.08. The lowest BCUT2D eigenvalue weighted by Crippen LogP contribution is -2.41. The first-order valence-corrected chi connectivity index (χ1v) is 8.99. The summed E-state index contributed by atoms with van der Waals surface area (Å²) in [5, 5.41) is 15.1. The van der Waals surface area contributed by atoms with E-state index in [1.165, 1.54) is 11.3 Å². The van der Waals surface area contributed by atoms with Gasteiger partial charge in [0.25, 0.3) is 0 Å². The molecule has 24 heavy (non-hydrogen) atoms. The summed E-state index contributed by atoms with van der Waals surface area (Å²) in [6, 6.07) is 6.53. The first-order valence-electron chi connectivity index (χ1n) is 7.74. The summed E-state index contributed by atoms with van der Waals surface area (Å²) in [4.78, 5) is 27.8. The van der Waals surface area contributed by atoms with Crippen LogP contribution in [0.3, 0.4) is 0 Å². The Kier molecular flexibility index (Phi) is 5.16. The fourth-order valence-corrected chi connectivity index (χ4v) is 3.38. The second kappa shape index (κ2) is 7.32. The average molecular weight is 365 g/mol. The maximum absolute atomic E-state index is 12.1. The van der Waals surface area contributed by atoms with Crippen LogP contribution in [-0.2, 0) is 16.0 Å². The Morgan fingerprint density at radius 1 is 1.33 bits per heavy atom. The van der Waals surface area contributed by atoms with E-state index in [9.17, 15) is 14.7 Å². The molecule has 126 valence electrons. The first kappa shape index (κ1) is 16.9. The number of benzene rings is 1. The molecule has 1 amide bonds. The minimum Gasteiger partial charge on any atom is -0.480 e. The molecule has 1 aliphatic carbocycles. The monoisotopic (exact) mass is 364 g/mol. The average Bonchev–Trinajstić information content (AvgIpc) is 3.24. The van der Waals surface area contributed by atoms with E-state index in [2.05, 4.69) is 10.3 Å². The second-order valence-electron chi connectivity index (χ2n) is 5.97. The highest BCUT2D eigenvalue weighted by molar-refractivity contribution is 7.13. The molecular weight excluding hydrogens is 348 g/mol. The Hall–Kier alpha value is -1.92. The minimum atomic E-state index is -0.976. The van der Waals surface area contributed by atoms with Crippen LogP contribution in [0.4, 0.5) is 0 Å². The number of aromatic nitrogens is 1. The highest BCUT2D eigenvalue weighted by atomic mass is 35.5. The Morgan fingerprint density at radius 3 is 2.67 bits per heavy atom. The molecule has 2 N–H and O–H groups in total. The van der Waals surface area contributed by atoms with Crippen molar-refractivity contribution < 1.29 is 14.7 Å². The van der Waals surface area contributed by atoms with Crippen molar-refractivity contribution in [1.29, 1.82) is 0 Å². The molecule has 0 saturated heterocycles. The smallest absolute Gasteiger partial charge is 0.326 e. The molecule has 1 aromatic carbocycles. The standard InChI is InChI=1S/C17H17ClN2O3S/c18-12-5-3-11(4-6-12)16-19-13(9-24-16)8-15(21)20-14(17(22)23)7-10-1-2-10/h3-6,9-10,14H,1-2,7-8H2,(H,20,21)(H,22,23). The first-order chi connectivity index (χ1) is 11.5. The lowest BCUT2D eigenvalue weighted by Gasteiger charge is -2.13. The molecular formula is C17H17ClN2O3S. The summed E-state index contributed by atoms with van der Waals surface area (Å²) >= 11 is 7.32. The number of nitrogens with one attached hydrogen (secondary N) is 1. The number of thiazole rings is 1. The van der Waals surface area contributed by atoms with Crippen LogP contribution in [0.25, 0.3) is 10.6 Å². The number of rotatable bonds is 7. The number of amides is 1. The molecule has 3 rings (SSSR count). The largest absolute Gasteiger partial charge is 0.480 e. The van der Waals surface area contributed by atoms with Gasteiger partial charge in [0.1, 0.15) is 11.0 Å². The van der Waals surface area contributed by atoms with Gasteiger partial charge in [-0.15, -0.1) is 11.3 Å². The van der Waals surface area contributed by atoms with Gasteiger partial charge in [-0.3, -0.25) is 4.79 Å². The quantitative estimate of drug-likeness (QED) is 0.789. The zero-order valence-electron chi connectivity index (χ0n) is 12.9. The van der Waals surface area contributed by atoms with Crippen molar-refractivity contribution in [2.75, 3.05) is 0 Å². The van der Waals surface area contributed by atoms with Gasteiger partial charge in [0, 0.05) is 16.0 Å². The SMILES string of the molecule is O=C(Cc1csc(-c2ccc(Cl)cc2)n1)NC(CC1CC1)C(=O)O. The van der Waals surface area contributed by atoms with E-state index in [-0.39, 0.29) is 12.3 Å². The Balaban J connectivity index is 1.60. The van der Waals surface area contributed by atoms with Crippen molar-refractivity contribution in [2.45, 2.75) is 31.7 Å². The Morgan fingerprint density at radius 2 is 2.04 bits per heavy atom. The zero-order valence-corrected chi connectivity index (χ0v) is 14.4. The molecule has 0 radical (unpaired) electrons. The van der Waals surface area contributed by atoms with Crippen LogP contribution in [0.5, 0.6) is 0 Å². The number of hydrogen-bond donors (Lipinski definition) is 2. The minimum absolute atomic E-state index is 0.0819. The lowest BCUT2D eigenvalue weighted by atomic mass is 10.1. The molecule has 0 bridgehead atoms.